The number of halogens is 1. The van der Waals surface area contributed by atoms with Gasteiger partial charge < -0.3 is 10.5 Å². The molecule has 0 aliphatic rings. The quantitative estimate of drug-likeness (QED) is 0.312. The fourth-order valence-electron chi connectivity index (χ4n) is 3.05. The molecule has 0 aliphatic carbocycles. The fraction of sp³-hybridized carbons (Fsp3) is 0.143. The molecule has 0 bridgehead atoms. The van der Waals surface area contributed by atoms with Gasteiger partial charge >= 0.3 is 0 Å². The van der Waals surface area contributed by atoms with Crippen molar-refractivity contribution in [3.63, 3.8) is 0 Å². The molecule has 4 aromatic rings. The Morgan fingerprint density at radius 1 is 1.24 bits per heavy atom. The number of hydrazone groups is 1. The number of carbonyl (C=O) groups excluding carboxylic acids is 1. The number of carbonyl (C=O) groups is 1. The highest BCUT2D eigenvalue weighted by Crippen LogP contribution is 2.29. The molecule has 0 unspecified atom stereocenters. The Morgan fingerprint density at radius 3 is 2.79 bits per heavy atom. The third-order valence-corrected chi connectivity index (χ3v) is 4.80. The molecule has 0 atom stereocenters. The predicted molar refractivity (Wildman–Crippen MR) is 121 cm³/mol. The molecule has 0 fully saturated rings. The van der Waals surface area contributed by atoms with Gasteiger partial charge in [0.1, 0.15) is 11.4 Å². The second-order valence-electron chi connectivity index (χ2n) is 6.78. The van der Waals surface area contributed by atoms with Gasteiger partial charge in [-0.05, 0) is 54.0 Å². The smallest absolute Gasteiger partial charge is 0.294 e. The fourth-order valence-corrected chi connectivity index (χ4v) is 3.24. The van der Waals surface area contributed by atoms with Crippen LogP contribution in [0.4, 0.5) is 5.82 Å². The van der Waals surface area contributed by atoms with Crippen molar-refractivity contribution in [1.29, 1.82) is 0 Å². The number of aromatic nitrogens is 5. The number of amides is 1. The van der Waals surface area contributed by atoms with Crippen molar-refractivity contribution in [3.8, 4) is 22.8 Å². The van der Waals surface area contributed by atoms with E-state index in [1.54, 1.807) is 49.4 Å². The number of benzene rings is 2. The molecule has 2 aromatic carbocycles. The van der Waals surface area contributed by atoms with Crippen LogP contribution in [0.1, 0.15) is 29.9 Å². The van der Waals surface area contributed by atoms with Gasteiger partial charge in [-0.3, -0.25) is 4.79 Å². The van der Waals surface area contributed by atoms with Gasteiger partial charge in [0, 0.05) is 10.6 Å². The maximum absolute atomic E-state index is 13.0. The van der Waals surface area contributed by atoms with Crippen LogP contribution in [0.5, 0.6) is 5.75 Å². The minimum Gasteiger partial charge on any atom is -0.494 e. The van der Waals surface area contributed by atoms with E-state index >= 15 is 0 Å². The second-order valence-corrected chi connectivity index (χ2v) is 7.22. The maximum atomic E-state index is 13.0. The van der Waals surface area contributed by atoms with Crippen molar-refractivity contribution >= 4 is 29.0 Å². The maximum Gasteiger partial charge on any atom is 0.294 e. The Kier molecular flexibility index (Phi) is 6.31. The van der Waals surface area contributed by atoms with Crippen molar-refractivity contribution in [3.05, 3.63) is 64.8 Å². The molecule has 0 aliphatic heterocycles. The number of anilines is 1. The molecule has 2 heterocycles. The Labute approximate surface area is 193 Å². The Morgan fingerprint density at radius 2 is 2.06 bits per heavy atom. The van der Waals surface area contributed by atoms with Gasteiger partial charge in [-0.1, -0.05) is 41.1 Å². The first kappa shape index (κ1) is 22.0. The summed E-state index contributed by atoms with van der Waals surface area (Å²) >= 11 is 6.03. The molecule has 11 nitrogen and oxygen atoms in total. The van der Waals surface area contributed by atoms with Crippen LogP contribution >= 0.6 is 11.6 Å². The number of hydrogen-bond acceptors (Lipinski definition) is 9. The van der Waals surface area contributed by atoms with Crippen LogP contribution in [0.25, 0.3) is 17.1 Å². The summed E-state index contributed by atoms with van der Waals surface area (Å²) in [6, 6.07) is 14.2. The number of nitrogens with one attached hydrogen (secondary N) is 1. The molecule has 33 heavy (non-hydrogen) atoms. The lowest BCUT2D eigenvalue weighted by molar-refractivity contribution is 0.0950. The second kappa shape index (κ2) is 9.49. The van der Waals surface area contributed by atoms with E-state index in [1.807, 2.05) is 13.0 Å². The van der Waals surface area contributed by atoms with Crippen LogP contribution in [-0.2, 0) is 0 Å². The van der Waals surface area contributed by atoms with Crippen molar-refractivity contribution in [1.82, 2.24) is 30.7 Å². The summed E-state index contributed by atoms with van der Waals surface area (Å²) < 4.78 is 11.5. The zero-order chi connectivity index (χ0) is 23.4. The molecule has 0 radical (unpaired) electrons. The molecule has 3 N–H and O–H groups in total. The van der Waals surface area contributed by atoms with Gasteiger partial charge in [-0.25, -0.2) is 10.1 Å². The highest BCUT2D eigenvalue weighted by molar-refractivity contribution is 6.31. The summed E-state index contributed by atoms with van der Waals surface area (Å²) in [4.78, 5) is 13.0. The van der Waals surface area contributed by atoms with Crippen LogP contribution in [0.15, 0.2) is 58.3 Å². The molecule has 0 saturated carbocycles. The average molecular weight is 467 g/mol. The predicted octanol–water partition coefficient (Wildman–Crippen LogP) is 3.11. The van der Waals surface area contributed by atoms with E-state index in [-0.39, 0.29) is 17.3 Å². The third-order valence-electron chi connectivity index (χ3n) is 4.57. The van der Waals surface area contributed by atoms with Crippen LogP contribution < -0.4 is 15.9 Å². The van der Waals surface area contributed by atoms with Crippen LogP contribution in [-0.4, -0.2) is 43.5 Å². The van der Waals surface area contributed by atoms with Gasteiger partial charge in [0.25, 0.3) is 5.91 Å². The van der Waals surface area contributed by atoms with Crippen LogP contribution in [0.2, 0.25) is 5.02 Å². The number of nitrogens with zero attached hydrogens (tertiary/aromatic N) is 6. The van der Waals surface area contributed by atoms with E-state index in [9.17, 15) is 4.79 Å². The van der Waals surface area contributed by atoms with Gasteiger partial charge in [-0.15, -0.1) is 5.10 Å². The number of nitrogens with two attached hydrogens (primary N) is 1. The largest absolute Gasteiger partial charge is 0.494 e. The summed E-state index contributed by atoms with van der Waals surface area (Å²) in [6.07, 6.45) is 0. The number of rotatable bonds is 7. The van der Waals surface area contributed by atoms with Gasteiger partial charge in [0.15, 0.2) is 5.69 Å². The first-order chi connectivity index (χ1) is 16.0. The lowest BCUT2D eigenvalue weighted by atomic mass is 10.1. The average Bonchev–Trinajstić information content (AvgIpc) is 3.43. The van der Waals surface area contributed by atoms with Crippen molar-refractivity contribution in [2.75, 3.05) is 12.3 Å². The molecule has 0 saturated heterocycles. The number of ether oxygens (including phenoxy) is 1. The summed E-state index contributed by atoms with van der Waals surface area (Å²) in [7, 11) is 0. The van der Waals surface area contributed by atoms with Gasteiger partial charge in [0.05, 0.1) is 12.3 Å². The van der Waals surface area contributed by atoms with Gasteiger partial charge in [0.2, 0.25) is 11.6 Å². The summed E-state index contributed by atoms with van der Waals surface area (Å²) in [5.74, 6) is 0.102. The Hall–Kier alpha value is -4.25. The van der Waals surface area contributed by atoms with E-state index in [2.05, 4.69) is 35.8 Å². The molecular weight excluding hydrogens is 448 g/mol. The number of hydrogen-bond donors (Lipinski definition) is 2. The monoisotopic (exact) mass is 466 g/mol. The van der Waals surface area contributed by atoms with E-state index in [4.69, 9.17) is 22.1 Å². The standard InChI is InChI=1S/C21H19ClN8O3/c1-3-32-16-9-5-7-14(11-16)18-17(25-29-30(18)20-19(23)27-33-28-20)21(31)26-24-12(2)13-6-4-8-15(22)10-13/h4-11H,3H2,1-2H3,(H2,23,27)(H,26,31)/b24-12+. The lowest BCUT2D eigenvalue weighted by Crippen LogP contribution is -2.21. The van der Waals surface area contributed by atoms with E-state index in [0.717, 1.165) is 5.56 Å². The highest BCUT2D eigenvalue weighted by Gasteiger charge is 2.25. The summed E-state index contributed by atoms with van der Waals surface area (Å²) in [5, 5.41) is 20.2. The minimum atomic E-state index is -0.588. The zero-order valence-corrected chi connectivity index (χ0v) is 18.4. The zero-order valence-electron chi connectivity index (χ0n) is 17.7. The topological polar surface area (TPSA) is 146 Å². The Balaban J connectivity index is 1.73. The number of nitrogen functional groups attached to an aromatic ring is 1. The molecule has 4 rings (SSSR count). The van der Waals surface area contributed by atoms with E-state index in [0.29, 0.717) is 34.3 Å². The van der Waals surface area contributed by atoms with E-state index < -0.39 is 5.91 Å². The summed E-state index contributed by atoms with van der Waals surface area (Å²) in [6.45, 7) is 4.10. The first-order valence-corrected chi connectivity index (χ1v) is 10.2. The third kappa shape index (κ3) is 4.67. The molecule has 0 spiro atoms. The van der Waals surface area contributed by atoms with Crippen molar-refractivity contribution in [2.24, 2.45) is 5.10 Å². The van der Waals surface area contributed by atoms with Crippen molar-refractivity contribution < 1.29 is 14.2 Å². The summed E-state index contributed by atoms with van der Waals surface area (Å²) in [5.41, 5.74) is 10.6. The van der Waals surface area contributed by atoms with Crippen LogP contribution in [0, 0.1) is 0 Å². The first-order valence-electron chi connectivity index (χ1n) is 9.85. The molecule has 12 heteroatoms. The molecule has 1 amide bonds. The van der Waals surface area contributed by atoms with Gasteiger partial charge in [-0.2, -0.15) is 9.78 Å². The van der Waals surface area contributed by atoms with Crippen molar-refractivity contribution in [2.45, 2.75) is 13.8 Å². The van der Waals surface area contributed by atoms with Crippen LogP contribution in [0.3, 0.4) is 0 Å². The normalized spacial score (nSPS) is 11.4. The Bertz CT molecular complexity index is 1330. The SMILES string of the molecule is CCOc1cccc(-c2c(C(=O)N/N=C(\C)c3cccc(Cl)c3)nnn2-c2nonc2N)c1. The lowest BCUT2D eigenvalue weighted by Gasteiger charge is -2.08. The molecule has 168 valence electrons. The highest BCUT2D eigenvalue weighted by atomic mass is 35.5. The molecular formula is C21H19ClN8O3. The van der Waals surface area contributed by atoms with E-state index in [1.165, 1.54) is 4.68 Å². The molecule has 2 aromatic heterocycles. The minimum absolute atomic E-state index is 0.00584.